The zero-order valence-corrected chi connectivity index (χ0v) is 9.23. The van der Waals surface area contributed by atoms with Gasteiger partial charge < -0.3 is 9.64 Å². The molecule has 1 atom stereocenters. The van der Waals surface area contributed by atoms with Crippen LogP contribution in [0.25, 0.3) is 0 Å². The van der Waals surface area contributed by atoms with Crippen LogP contribution in [0.1, 0.15) is 26.7 Å². The average Bonchev–Trinajstić information content (AvgIpc) is 2.62. The highest BCUT2D eigenvalue weighted by atomic mass is 16.6. The fraction of sp³-hybridized carbons (Fsp3) is 0.636. The summed E-state index contributed by atoms with van der Waals surface area (Å²) in [5, 5.41) is 0. The molecule has 1 fully saturated rings. The van der Waals surface area contributed by atoms with E-state index in [0.717, 1.165) is 12.8 Å². The van der Waals surface area contributed by atoms with Crippen molar-refractivity contribution in [1.29, 1.82) is 0 Å². The van der Waals surface area contributed by atoms with Crippen LogP contribution < -0.4 is 0 Å². The lowest BCUT2D eigenvalue weighted by Gasteiger charge is -2.20. The van der Waals surface area contributed by atoms with E-state index in [9.17, 15) is 9.59 Å². The topological polar surface area (TPSA) is 46.6 Å². The van der Waals surface area contributed by atoms with Crippen LogP contribution in [0.15, 0.2) is 12.2 Å². The van der Waals surface area contributed by atoms with Gasteiger partial charge in [0.05, 0.1) is 12.6 Å². The van der Waals surface area contributed by atoms with Gasteiger partial charge in [0.2, 0.25) is 0 Å². The molecule has 0 aliphatic carbocycles. The van der Waals surface area contributed by atoms with Crippen LogP contribution in [0.3, 0.4) is 0 Å². The molecule has 15 heavy (non-hydrogen) atoms. The molecule has 0 saturated carbocycles. The van der Waals surface area contributed by atoms with E-state index in [4.69, 9.17) is 4.74 Å². The number of likely N-dealkylation sites (tertiary alicyclic amines) is 1. The summed E-state index contributed by atoms with van der Waals surface area (Å²) < 4.78 is 4.93. The fourth-order valence-electron chi connectivity index (χ4n) is 1.67. The Kier molecular flexibility index (Phi) is 4.34. The van der Waals surface area contributed by atoms with Crippen LogP contribution in [-0.4, -0.2) is 36.0 Å². The lowest BCUT2D eigenvalue weighted by Crippen LogP contribution is -2.34. The van der Waals surface area contributed by atoms with Crippen molar-refractivity contribution in [1.82, 2.24) is 4.90 Å². The van der Waals surface area contributed by atoms with Crippen molar-refractivity contribution in [3.63, 3.8) is 0 Å². The normalized spacial score (nSPS) is 20.9. The van der Waals surface area contributed by atoms with Gasteiger partial charge in [-0.05, 0) is 32.8 Å². The van der Waals surface area contributed by atoms with Crippen molar-refractivity contribution in [3.8, 4) is 0 Å². The molecule has 1 aliphatic heterocycles. The number of hydrogen-bond donors (Lipinski definition) is 0. The fourth-order valence-corrected chi connectivity index (χ4v) is 1.67. The summed E-state index contributed by atoms with van der Waals surface area (Å²) in [5.41, 5.74) is 0. The highest BCUT2D eigenvalue weighted by Gasteiger charge is 2.27. The van der Waals surface area contributed by atoms with Gasteiger partial charge in [-0.25, -0.2) is 4.79 Å². The van der Waals surface area contributed by atoms with E-state index in [1.807, 2.05) is 0 Å². The number of ketones is 1. The third-order valence-electron chi connectivity index (χ3n) is 2.35. The molecular weight excluding hydrogens is 194 g/mol. The standard InChI is InChI=1S/C11H17NO3/c1-3-15-11(14)12-8-4-5-10(12)7-6-9(2)13/h6-7,10H,3-5,8H2,1-2H3/b7-6+/t10-/m0/s1. The van der Waals surface area contributed by atoms with Gasteiger partial charge >= 0.3 is 6.09 Å². The lowest BCUT2D eigenvalue weighted by atomic mass is 10.2. The van der Waals surface area contributed by atoms with E-state index in [1.165, 1.54) is 13.0 Å². The minimum atomic E-state index is -0.284. The van der Waals surface area contributed by atoms with Gasteiger partial charge in [0, 0.05) is 6.54 Å². The Balaban J connectivity index is 2.56. The molecule has 1 saturated heterocycles. The van der Waals surface area contributed by atoms with E-state index in [-0.39, 0.29) is 17.9 Å². The molecule has 0 aromatic rings. The van der Waals surface area contributed by atoms with Crippen LogP contribution in [0, 0.1) is 0 Å². The molecule has 4 nitrogen and oxygen atoms in total. The molecule has 0 bridgehead atoms. The Labute approximate surface area is 89.9 Å². The Morgan fingerprint density at radius 2 is 2.27 bits per heavy atom. The van der Waals surface area contributed by atoms with Crippen molar-refractivity contribution in [2.24, 2.45) is 0 Å². The monoisotopic (exact) mass is 211 g/mol. The predicted molar refractivity (Wildman–Crippen MR) is 56.6 cm³/mol. The molecule has 1 heterocycles. The molecule has 84 valence electrons. The smallest absolute Gasteiger partial charge is 0.410 e. The molecule has 0 spiro atoms. The van der Waals surface area contributed by atoms with Crippen LogP contribution >= 0.6 is 0 Å². The van der Waals surface area contributed by atoms with Gasteiger partial charge in [-0.1, -0.05) is 6.08 Å². The van der Waals surface area contributed by atoms with Crippen LogP contribution in [0.2, 0.25) is 0 Å². The summed E-state index contributed by atoms with van der Waals surface area (Å²) in [6.07, 6.45) is 4.89. The van der Waals surface area contributed by atoms with Crippen LogP contribution in [0.5, 0.6) is 0 Å². The second kappa shape index (κ2) is 5.53. The number of carbonyl (C=O) groups is 2. The van der Waals surface area contributed by atoms with Gasteiger partial charge in [0.1, 0.15) is 0 Å². The quantitative estimate of drug-likeness (QED) is 0.668. The molecule has 1 aliphatic rings. The zero-order valence-electron chi connectivity index (χ0n) is 9.23. The molecule has 1 amide bonds. The third-order valence-corrected chi connectivity index (χ3v) is 2.35. The lowest BCUT2D eigenvalue weighted by molar-refractivity contribution is -0.112. The molecule has 1 rings (SSSR count). The summed E-state index contributed by atoms with van der Waals surface area (Å²) in [4.78, 5) is 23.9. The van der Waals surface area contributed by atoms with Crippen molar-refractivity contribution >= 4 is 11.9 Å². The number of carbonyl (C=O) groups excluding carboxylic acids is 2. The second-order valence-corrected chi connectivity index (χ2v) is 3.57. The first-order valence-electron chi connectivity index (χ1n) is 5.27. The Morgan fingerprint density at radius 1 is 1.53 bits per heavy atom. The van der Waals surface area contributed by atoms with Gasteiger partial charge in [0.25, 0.3) is 0 Å². The molecular formula is C11H17NO3. The Hall–Kier alpha value is -1.32. The summed E-state index contributed by atoms with van der Waals surface area (Å²) in [6.45, 7) is 4.39. The van der Waals surface area contributed by atoms with E-state index < -0.39 is 0 Å². The van der Waals surface area contributed by atoms with Crippen molar-refractivity contribution in [3.05, 3.63) is 12.2 Å². The Bertz CT molecular complexity index is 273. The predicted octanol–water partition coefficient (Wildman–Crippen LogP) is 1.75. The van der Waals surface area contributed by atoms with E-state index in [2.05, 4.69) is 0 Å². The molecule has 0 radical (unpaired) electrons. The summed E-state index contributed by atoms with van der Waals surface area (Å²) in [6, 6.07) is 0.0212. The van der Waals surface area contributed by atoms with Gasteiger partial charge in [-0.15, -0.1) is 0 Å². The van der Waals surface area contributed by atoms with E-state index >= 15 is 0 Å². The van der Waals surface area contributed by atoms with Gasteiger partial charge in [-0.3, -0.25) is 4.79 Å². The van der Waals surface area contributed by atoms with Gasteiger partial charge in [0.15, 0.2) is 5.78 Å². The molecule has 0 unspecified atom stereocenters. The maximum atomic E-state index is 11.5. The summed E-state index contributed by atoms with van der Waals surface area (Å²) in [7, 11) is 0. The minimum Gasteiger partial charge on any atom is -0.450 e. The van der Waals surface area contributed by atoms with Crippen LogP contribution in [0.4, 0.5) is 4.79 Å². The SMILES string of the molecule is CCOC(=O)N1CCC[C@H]1/C=C/C(C)=O. The highest BCUT2D eigenvalue weighted by Crippen LogP contribution is 2.19. The summed E-state index contributed by atoms with van der Waals surface area (Å²) in [5.74, 6) is 0.00529. The Morgan fingerprint density at radius 3 is 2.87 bits per heavy atom. The van der Waals surface area contributed by atoms with Crippen LogP contribution in [-0.2, 0) is 9.53 Å². The zero-order chi connectivity index (χ0) is 11.3. The number of allylic oxidation sites excluding steroid dienone is 1. The minimum absolute atomic E-state index is 0.00529. The molecule has 0 aromatic carbocycles. The van der Waals surface area contributed by atoms with Crippen molar-refractivity contribution in [2.75, 3.05) is 13.2 Å². The average molecular weight is 211 g/mol. The maximum absolute atomic E-state index is 11.5. The summed E-state index contributed by atoms with van der Waals surface area (Å²) >= 11 is 0. The third kappa shape index (κ3) is 3.38. The second-order valence-electron chi connectivity index (χ2n) is 3.57. The number of nitrogens with zero attached hydrogens (tertiary/aromatic N) is 1. The van der Waals surface area contributed by atoms with E-state index in [0.29, 0.717) is 13.2 Å². The van der Waals surface area contributed by atoms with Gasteiger partial charge in [-0.2, -0.15) is 0 Å². The largest absolute Gasteiger partial charge is 0.450 e. The van der Waals surface area contributed by atoms with E-state index in [1.54, 1.807) is 17.9 Å². The number of ether oxygens (including phenoxy) is 1. The number of amides is 1. The van der Waals surface area contributed by atoms with Crippen molar-refractivity contribution in [2.45, 2.75) is 32.7 Å². The first-order valence-corrected chi connectivity index (χ1v) is 5.27. The molecule has 4 heteroatoms. The highest BCUT2D eigenvalue weighted by molar-refractivity contribution is 5.87. The first-order chi connectivity index (χ1) is 7.15. The molecule has 0 N–H and O–H groups in total. The van der Waals surface area contributed by atoms with Crippen molar-refractivity contribution < 1.29 is 14.3 Å². The number of hydrogen-bond acceptors (Lipinski definition) is 3. The maximum Gasteiger partial charge on any atom is 0.410 e. The first kappa shape index (κ1) is 11.8. The molecule has 0 aromatic heterocycles. The number of rotatable bonds is 3.